The largest absolute Gasteiger partial charge is 0.494 e. The summed E-state index contributed by atoms with van der Waals surface area (Å²) in [6.07, 6.45) is 1.58. The van der Waals surface area contributed by atoms with E-state index in [1.54, 1.807) is 54.6 Å². The maximum Gasteiger partial charge on any atom is 0.332 e. The number of hydrogen-bond donors (Lipinski definition) is 5. The summed E-state index contributed by atoms with van der Waals surface area (Å²) >= 11 is 0. The first kappa shape index (κ1) is 35.5. The molecule has 0 radical (unpaired) electrons. The number of nitrogens with one attached hydrogen (secondary N) is 3. The van der Waals surface area contributed by atoms with Crippen LogP contribution in [0.2, 0.25) is 0 Å². The third-order valence-electron chi connectivity index (χ3n) is 6.12. The van der Waals surface area contributed by atoms with Crippen molar-refractivity contribution in [3.05, 3.63) is 108 Å². The summed E-state index contributed by atoms with van der Waals surface area (Å²) in [7, 11) is -8.79. The predicted molar refractivity (Wildman–Crippen MR) is 172 cm³/mol. The highest BCUT2D eigenvalue weighted by Crippen LogP contribution is 2.22. The number of aryl methyl sites for hydroxylation is 1. The SMILES string of the molecule is Cc1cc(OCCCCOc2ccc(C(=N)N)cc2)ccc1NC(=O)Nc1ccc(S(=O)(=O)F)cc1.O=S(=O)(O)c1ccccc1. The van der Waals surface area contributed by atoms with E-state index in [2.05, 4.69) is 10.6 Å². The van der Waals surface area contributed by atoms with Crippen LogP contribution in [0.15, 0.2) is 107 Å². The van der Waals surface area contributed by atoms with Gasteiger partial charge in [0.25, 0.3) is 10.1 Å². The van der Waals surface area contributed by atoms with E-state index >= 15 is 0 Å². The fraction of sp³-hybridized carbons (Fsp3) is 0.161. The number of rotatable bonds is 12. The quantitative estimate of drug-likeness (QED) is 0.0409. The molecule has 4 rings (SSSR count). The number of amides is 2. The molecule has 46 heavy (non-hydrogen) atoms. The summed E-state index contributed by atoms with van der Waals surface area (Å²) in [5, 5.41) is 12.7. The molecule has 0 aromatic heterocycles. The Labute approximate surface area is 266 Å². The van der Waals surface area contributed by atoms with Crippen LogP contribution in [0.4, 0.5) is 20.1 Å². The number of hydrogen-bond acceptors (Lipinski definition) is 8. The average molecular weight is 673 g/mol. The molecular formula is C31H33FN4O8S2. The lowest BCUT2D eigenvalue weighted by molar-refractivity contribution is 0.262. The van der Waals surface area contributed by atoms with E-state index < -0.39 is 31.3 Å². The molecule has 244 valence electrons. The molecule has 0 saturated heterocycles. The number of nitrogen functional groups attached to an aromatic ring is 1. The van der Waals surface area contributed by atoms with Crippen LogP contribution in [0.5, 0.6) is 11.5 Å². The molecule has 12 nitrogen and oxygen atoms in total. The Kier molecular flexibility index (Phi) is 12.6. The van der Waals surface area contributed by atoms with Gasteiger partial charge in [0.05, 0.1) is 23.0 Å². The van der Waals surface area contributed by atoms with Crippen LogP contribution < -0.4 is 25.8 Å². The van der Waals surface area contributed by atoms with Gasteiger partial charge in [0, 0.05) is 16.9 Å². The second kappa shape index (κ2) is 16.4. The standard InChI is InChI=1S/C25H27FN4O5S.C6H6O3S/c1-17-16-21(35-15-3-2-14-34-20-8-4-18(5-9-20)24(27)28)10-13-23(17)30-25(31)29-19-6-11-22(12-7-19)36(26,32)33;7-10(8,9)6-4-2-1-3-5-6/h4-13,16H,2-3,14-15H2,1H3,(H3,27,28)(H2,29,30,31);1-5H,(H,7,8,9). The Morgan fingerprint density at radius 1 is 0.804 bits per heavy atom. The molecule has 0 atom stereocenters. The number of nitrogens with two attached hydrogens (primary N) is 1. The van der Waals surface area contributed by atoms with E-state index in [0.29, 0.717) is 41.7 Å². The van der Waals surface area contributed by atoms with Crippen LogP contribution in [-0.4, -0.2) is 46.5 Å². The van der Waals surface area contributed by atoms with E-state index in [4.69, 9.17) is 25.2 Å². The molecule has 0 heterocycles. The number of halogens is 1. The number of anilines is 2. The highest BCUT2D eigenvalue weighted by Gasteiger charge is 2.12. The van der Waals surface area contributed by atoms with Crippen molar-refractivity contribution in [2.75, 3.05) is 23.8 Å². The minimum absolute atomic E-state index is 0.0172. The fourth-order valence-corrected chi connectivity index (χ4v) is 4.72. The zero-order chi connectivity index (χ0) is 33.7. The molecule has 4 aromatic carbocycles. The Morgan fingerprint density at radius 3 is 1.87 bits per heavy atom. The maximum absolute atomic E-state index is 13.0. The van der Waals surface area contributed by atoms with Gasteiger partial charge in [-0.25, -0.2) is 4.79 Å². The van der Waals surface area contributed by atoms with Crippen LogP contribution in [0.1, 0.15) is 24.0 Å². The smallest absolute Gasteiger partial charge is 0.332 e. The summed E-state index contributed by atoms with van der Waals surface area (Å²) < 4.78 is 75.4. The van der Waals surface area contributed by atoms with Gasteiger partial charge in [0.2, 0.25) is 0 Å². The molecule has 0 spiro atoms. The topological polar surface area (TPSA) is 198 Å². The second-order valence-corrected chi connectivity index (χ2v) is 12.4. The summed E-state index contributed by atoms with van der Waals surface area (Å²) in [5.41, 5.74) is 7.76. The minimum atomic E-state index is -4.79. The van der Waals surface area contributed by atoms with Crippen molar-refractivity contribution in [1.82, 2.24) is 0 Å². The summed E-state index contributed by atoms with van der Waals surface area (Å²) in [4.78, 5) is 11.7. The first-order valence-corrected chi connectivity index (χ1v) is 16.5. The van der Waals surface area contributed by atoms with E-state index in [1.165, 1.54) is 24.3 Å². The zero-order valence-electron chi connectivity index (χ0n) is 24.6. The normalized spacial score (nSPS) is 11.0. The third-order valence-corrected chi connectivity index (χ3v) is 7.83. The van der Waals surface area contributed by atoms with Crippen molar-refractivity contribution >= 4 is 43.6 Å². The number of carbonyl (C=O) groups excluding carboxylic acids is 1. The van der Waals surface area contributed by atoms with Gasteiger partial charge >= 0.3 is 16.3 Å². The Balaban J connectivity index is 0.000000489. The van der Waals surface area contributed by atoms with E-state index in [0.717, 1.165) is 30.5 Å². The summed E-state index contributed by atoms with van der Waals surface area (Å²) in [6, 6.07) is 23.9. The molecule has 0 fully saturated rings. The Hall–Kier alpha value is -4.99. The number of unbranched alkanes of at least 4 members (excludes halogenated alkanes) is 1. The van der Waals surface area contributed by atoms with Crippen molar-refractivity contribution in [3.63, 3.8) is 0 Å². The fourth-order valence-electron chi connectivity index (χ4n) is 3.76. The number of carbonyl (C=O) groups is 1. The lowest BCUT2D eigenvalue weighted by atomic mass is 10.2. The minimum Gasteiger partial charge on any atom is -0.494 e. The molecule has 2 amide bonds. The average Bonchev–Trinajstić information content (AvgIpc) is 3.00. The molecule has 0 aliphatic rings. The van der Waals surface area contributed by atoms with E-state index in [-0.39, 0.29) is 10.7 Å². The monoisotopic (exact) mass is 672 g/mol. The van der Waals surface area contributed by atoms with Crippen molar-refractivity contribution in [2.45, 2.75) is 29.6 Å². The van der Waals surface area contributed by atoms with Gasteiger partial charge in [0.15, 0.2) is 0 Å². The zero-order valence-corrected chi connectivity index (χ0v) is 26.3. The van der Waals surface area contributed by atoms with Gasteiger partial charge in [-0.15, -0.1) is 3.89 Å². The van der Waals surface area contributed by atoms with Crippen LogP contribution in [0.3, 0.4) is 0 Å². The van der Waals surface area contributed by atoms with Crippen LogP contribution in [0.25, 0.3) is 0 Å². The molecule has 0 aliphatic heterocycles. The molecule has 0 bridgehead atoms. The number of amidine groups is 1. The van der Waals surface area contributed by atoms with E-state index in [1.807, 2.05) is 13.0 Å². The lowest BCUT2D eigenvalue weighted by Crippen LogP contribution is -2.20. The summed E-state index contributed by atoms with van der Waals surface area (Å²) in [5.74, 6) is 1.40. The van der Waals surface area contributed by atoms with Gasteiger partial charge in [-0.05, 0) is 104 Å². The predicted octanol–water partition coefficient (Wildman–Crippen LogP) is 5.75. The first-order chi connectivity index (χ1) is 21.7. The van der Waals surface area contributed by atoms with Gasteiger partial charge in [0.1, 0.15) is 17.3 Å². The molecule has 4 aromatic rings. The number of urea groups is 1. The molecule has 6 N–H and O–H groups in total. The van der Waals surface area contributed by atoms with Gasteiger partial charge in [-0.2, -0.15) is 16.8 Å². The summed E-state index contributed by atoms with van der Waals surface area (Å²) in [6.45, 7) is 2.87. The maximum atomic E-state index is 13.0. The highest BCUT2D eigenvalue weighted by atomic mass is 32.3. The van der Waals surface area contributed by atoms with Crippen LogP contribution >= 0.6 is 0 Å². The Bertz CT molecular complexity index is 1840. The molecule has 0 unspecified atom stereocenters. The van der Waals surface area contributed by atoms with Gasteiger partial charge in [-0.3, -0.25) is 9.96 Å². The molecule has 0 saturated carbocycles. The van der Waals surface area contributed by atoms with Crippen LogP contribution in [-0.2, 0) is 20.3 Å². The molecule has 0 aliphatic carbocycles. The number of benzene rings is 4. The third kappa shape index (κ3) is 11.8. The first-order valence-electron chi connectivity index (χ1n) is 13.7. The molecule has 15 heteroatoms. The van der Waals surface area contributed by atoms with Crippen molar-refractivity contribution in [2.24, 2.45) is 5.73 Å². The Morgan fingerprint density at radius 2 is 1.37 bits per heavy atom. The van der Waals surface area contributed by atoms with Gasteiger partial charge < -0.3 is 25.8 Å². The lowest BCUT2D eigenvalue weighted by Gasteiger charge is -2.12. The van der Waals surface area contributed by atoms with E-state index in [9.17, 15) is 25.5 Å². The van der Waals surface area contributed by atoms with Crippen molar-refractivity contribution in [1.29, 1.82) is 5.41 Å². The van der Waals surface area contributed by atoms with Gasteiger partial charge in [-0.1, -0.05) is 18.2 Å². The molecular weight excluding hydrogens is 639 g/mol. The van der Waals surface area contributed by atoms with Crippen LogP contribution in [0, 0.1) is 12.3 Å². The van der Waals surface area contributed by atoms with Crippen molar-refractivity contribution < 1.29 is 39.5 Å². The number of ether oxygens (including phenoxy) is 2. The second-order valence-electron chi connectivity index (χ2n) is 9.65. The van der Waals surface area contributed by atoms with Crippen molar-refractivity contribution in [3.8, 4) is 11.5 Å². The highest BCUT2D eigenvalue weighted by molar-refractivity contribution is 7.86.